The molecule has 3 aromatic rings. The molecule has 7 nitrogen and oxygen atoms in total. The molecule has 0 atom stereocenters. The van der Waals surface area contributed by atoms with E-state index in [4.69, 9.17) is 21.1 Å². The van der Waals surface area contributed by atoms with Crippen LogP contribution in [0.3, 0.4) is 0 Å². The van der Waals surface area contributed by atoms with Crippen LogP contribution in [0.4, 0.5) is 0 Å². The summed E-state index contributed by atoms with van der Waals surface area (Å²) in [5.74, 6) is 0.125. The highest BCUT2D eigenvalue weighted by atomic mass is 35.5. The molecule has 0 bridgehead atoms. The molecule has 0 unspecified atom stereocenters. The van der Waals surface area contributed by atoms with Gasteiger partial charge in [-0.15, -0.1) is 0 Å². The molecule has 31 heavy (non-hydrogen) atoms. The van der Waals surface area contributed by atoms with Crippen LogP contribution in [0.1, 0.15) is 38.9 Å². The number of halogens is 1. The second kappa shape index (κ2) is 9.66. The number of nitrogens with zero attached hydrogens (tertiary/aromatic N) is 3. The van der Waals surface area contributed by atoms with Gasteiger partial charge in [0.2, 0.25) is 0 Å². The SMILES string of the molecule is CCOC(=O)c1cnn(-c2ccc(C(=O)N(C)Cc3cc(Cl)ccc3OC)cc2)c1C. The fourth-order valence-electron chi connectivity index (χ4n) is 3.24. The van der Waals surface area contributed by atoms with Gasteiger partial charge in [0, 0.05) is 29.7 Å². The Morgan fingerprint density at radius 3 is 2.52 bits per heavy atom. The summed E-state index contributed by atoms with van der Waals surface area (Å²) >= 11 is 6.08. The minimum Gasteiger partial charge on any atom is -0.496 e. The summed E-state index contributed by atoms with van der Waals surface area (Å²) in [6.07, 6.45) is 1.48. The average molecular weight is 442 g/mol. The van der Waals surface area contributed by atoms with Crippen molar-refractivity contribution < 1.29 is 19.1 Å². The zero-order valence-corrected chi connectivity index (χ0v) is 18.6. The standard InChI is InChI=1S/C23H24ClN3O4/c1-5-31-23(29)20-13-25-27(15(20)2)19-9-6-16(7-10-19)22(28)26(3)14-17-12-18(24)8-11-21(17)30-4/h6-13H,5,14H2,1-4H3. The Hall–Kier alpha value is -3.32. The molecule has 0 fully saturated rings. The monoisotopic (exact) mass is 441 g/mol. The summed E-state index contributed by atoms with van der Waals surface area (Å²) < 4.78 is 12.0. The maximum absolute atomic E-state index is 12.9. The lowest BCUT2D eigenvalue weighted by Gasteiger charge is -2.19. The second-order valence-electron chi connectivity index (χ2n) is 6.94. The van der Waals surface area contributed by atoms with Crippen molar-refractivity contribution in [2.24, 2.45) is 0 Å². The van der Waals surface area contributed by atoms with Gasteiger partial charge in [-0.3, -0.25) is 4.79 Å². The van der Waals surface area contributed by atoms with Gasteiger partial charge in [0.25, 0.3) is 5.91 Å². The molecular formula is C23H24ClN3O4. The van der Waals surface area contributed by atoms with E-state index in [9.17, 15) is 9.59 Å². The van der Waals surface area contributed by atoms with Gasteiger partial charge < -0.3 is 14.4 Å². The van der Waals surface area contributed by atoms with Crippen LogP contribution in [0.5, 0.6) is 5.75 Å². The van der Waals surface area contributed by atoms with Gasteiger partial charge in [0.1, 0.15) is 11.3 Å². The molecule has 2 aromatic carbocycles. The predicted molar refractivity (Wildman–Crippen MR) is 118 cm³/mol. The molecule has 1 heterocycles. The molecule has 1 aromatic heterocycles. The smallest absolute Gasteiger partial charge is 0.341 e. The van der Waals surface area contributed by atoms with Crippen molar-refractivity contribution in [1.82, 2.24) is 14.7 Å². The molecule has 8 heteroatoms. The third-order valence-electron chi connectivity index (χ3n) is 4.86. The minimum atomic E-state index is -0.406. The number of aromatic nitrogens is 2. The summed E-state index contributed by atoms with van der Waals surface area (Å²) in [6.45, 7) is 4.21. The predicted octanol–water partition coefficient (Wildman–Crippen LogP) is 4.29. The van der Waals surface area contributed by atoms with Gasteiger partial charge in [-0.2, -0.15) is 5.10 Å². The average Bonchev–Trinajstić information content (AvgIpc) is 3.15. The third kappa shape index (κ3) is 4.88. The van der Waals surface area contributed by atoms with E-state index in [1.54, 1.807) is 80.1 Å². The first-order valence-electron chi connectivity index (χ1n) is 9.75. The van der Waals surface area contributed by atoms with E-state index in [0.717, 1.165) is 11.3 Å². The van der Waals surface area contributed by atoms with E-state index in [0.29, 0.717) is 40.7 Å². The van der Waals surface area contributed by atoms with Crippen molar-refractivity contribution in [2.75, 3.05) is 20.8 Å². The normalized spacial score (nSPS) is 10.6. The number of ether oxygens (including phenoxy) is 2. The van der Waals surface area contributed by atoms with Crippen LogP contribution < -0.4 is 4.74 Å². The number of carbonyl (C=O) groups excluding carboxylic acids is 2. The fraction of sp³-hybridized carbons (Fsp3) is 0.261. The minimum absolute atomic E-state index is 0.141. The summed E-state index contributed by atoms with van der Waals surface area (Å²) in [5.41, 5.74) is 3.17. The van der Waals surface area contributed by atoms with Crippen LogP contribution in [0.25, 0.3) is 5.69 Å². The summed E-state index contributed by atoms with van der Waals surface area (Å²) in [7, 11) is 3.30. The molecular weight excluding hydrogens is 418 g/mol. The number of esters is 1. The van der Waals surface area contributed by atoms with Crippen molar-refractivity contribution in [2.45, 2.75) is 20.4 Å². The van der Waals surface area contributed by atoms with Crippen LogP contribution in [0.2, 0.25) is 5.02 Å². The Kier molecular flexibility index (Phi) is 6.97. The van der Waals surface area contributed by atoms with E-state index in [1.165, 1.54) is 6.20 Å². The lowest BCUT2D eigenvalue weighted by Crippen LogP contribution is -2.26. The maximum Gasteiger partial charge on any atom is 0.341 e. The topological polar surface area (TPSA) is 73.7 Å². The van der Waals surface area contributed by atoms with Crippen LogP contribution in [-0.4, -0.2) is 47.3 Å². The Morgan fingerprint density at radius 1 is 1.16 bits per heavy atom. The van der Waals surface area contributed by atoms with Gasteiger partial charge in [-0.25, -0.2) is 9.48 Å². The van der Waals surface area contributed by atoms with Crippen molar-refractivity contribution in [3.05, 3.63) is 76.1 Å². The van der Waals surface area contributed by atoms with E-state index in [1.807, 2.05) is 0 Å². The summed E-state index contributed by atoms with van der Waals surface area (Å²) in [4.78, 5) is 26.5. The number of carbonyl (C=O) groups is 2. The Morgan fingerprint density at radius 2 is 1.87 bits per heavy atom. The van der Waals surface area contributed by atoms with E-state index in [-0.39, 0.29) is 5.91 Å². The van der Waals surface area contributed by atoms with Crippen molar-refractivity contribution in [3.63, 3.8) is 0 Å². The molecule has 1 amide bonds. The van der Waals surface area contributed by atoms with Gasteiger partial charge in [-0.1, -0.05) is 11.6 Å². The van der Waals surface area contributed by atoms with Crippen molar-refractivity contribution in [1.29, 1.82) is 0 Å². The Bertz CT molecular complexity index is 1090. The Labute approximate surface area is 186 Å². The quantitative estimate of drug-likeness (QED) is 0.511. The molecule has 0 N–H and O–H groups in total. The zero-order chi connectivity index (χ0) is 22.5. The third-order valence-corrected chi connectivity index (χ3v) is 5.10. The first-order valence-corrected chi connectivity index (χ1v) is 10.1. The van der Waals surface area contributed by atoms with E-state index >= 15 is 0 Å². The van der Waals surface area contributed by atoms with Crippen molar-refractivity contribution >= 4 is 23.5 Å². The first kappa shape index (κ1) is 22.4. The molecule has 0 aliphatic carbocycles. The lowest BCUT2D eigenvalue weighted by atomic mass is 10.1. The number of hydrogen-bond acceptors (Lipinski definition) is 5. The molecule has 0 radical (unpaired) electrons. The number of benzene rings is 2. The summed E-state index contributed by atoms with van der Waals surface area (Å²) in [5, 5.41) is 4.86. The second-order valence-corrected chi connectivity index (χ2v) is 7.38. The number of hydrogen-bond donors (Lipinski definition) is 0. The highest BCUT2D eigenvalue weighted by Crippen LogP contribution is 2.24. The van der Waals surface area contributed by atoms with Crippen LogP contribution in [-0.2, 0) is 11.3 Å². The van der Waals surface area contributed by atoms with Crippen molar-refractivity contribution in [3.8, 4) is 11.4 Å². The number of amides is 1. The molecule has 0 aliphatic rings. The van der Waals surface area contributed by atoms with Crippen LogP contribution >= 0.6 is 11.6 Å². The Balaban J connectivity index is 1.76. The molecule has 0 aliphatic heterocycles. The largest absolute Gasteiger partial charge is 0.496 e. The van der Waals surface area contributed by atoms with Gasteiger partial charge in [-0.05, 0) is 56.3 Å². The van der Waals surface area contributed by atoms with E-state index < -0.39 is 5.97 Å². The molecule has 162 valence electrons. The van der Waals surface area contributed by atoms with Gasteiger partial charge >= 0.3 is 5.97 Å². The lowest BCUT2D eigenvalue weighted by molar-refractivity contribution is 0.0525. The van der Waals surface area contributed by atoms with Crippen LogP contribution in [0, 0.1) is 6.92 Å². The number of methoxy groups -OCH3 is 1. The maximum atomic E-state index is 12.9. The molecule has 0 saturated carbocycles. The highest BCUT2D eigenvalue weighted by Gasteiger charge is 2.18. The first-order chi connectivity index (χ1) is 14.8. The van der Waals surface area contributed by atoms with Gasteiger partial charge in [0.05, 0.1) is 31.3 Å². The summed E-state index contributed by atoms with van der Waals surface area (Å²) in [6, 6.07) is 12.3. The molecule has 3 rings (SSSR count). The highest BCUT2D eigenvalue weighted by molar-refractivity contribution is 6.30. The van der Waals surface area contributed by atoms with Crippen LogP contribution in [0.15, 0.2) is 48.7 Å². The van der Waals surface area contributed by atoms with E-state index in [2.05, 4.69) is 5.10 Å². The molecule has 0 saturated heterocycles. The zero-order valence-electron chi connectivity index (χ0n) is 17.9. The fourth-order valence-corrected chi connectivity index (χ4v) is 3.44. The number of rotatable bonds is 7. The van der Waals surface area contributed by atoms with Gasteiger partial charge in [0.15, 0.2) is 0 Å². The molecule has 0 spiro atoms.